The smallest absolute Gasteiger partial charge is 0.302 e. The minimum absolute atomic E-state index is 0.00786. The highest BCUT2D eigenvalue weighted by molar-refractivity contribution is 5.66. The molecule has 1 heterocycles. The normalized spacial score (nSPS) is 46.6. The molecule has 0 amide bonds. The maximum absolute atomic E-state index is 12.1. The molecular weight excluding hydrogens is 554 g/mol. The van der Waals surface area contributed by atoms with Gasteiger partial charge in [0.25, 0.3) is 0 Å². The van der Waals surface area contributed by atoms with Crippen LogP contribution in [0.4, 0.5) is 0 Å². The van der Waals surface area contributed by atoms with Crippen molar-refractivity contribution in [1.29, 1.82) is 0 Å². The Bertz CT molecular complexity index is 1200. The van der Waals surface area contributed by atoms with Crippen LogP contribution in [0.5, 0.6) is 0 Å². The summed E-state index contributed by atoms with van der Waals surface area (Å²) in [6, 6.07) is 0. The first-order valence-corrected chi connectivity index (χ1v) is 18.9. The minimum atomic E-state index is -0.542. The summed E-state index contributed by atoms with van der Waals surface area (Å²) in [6.45, 7) is 24.3. The Morgan fingerprint density at radius 2 is 1.58 bits per heavy atom. The van der Waals surface area contributed by atoms with Crippen LogP contribution in [0, 0.1) is 68.5 Å². The van der Waals surface area contributed by atoms with Crippen LogP contribution in [0.25, 0.3) is 0 Å². The quantitative estimate of drug-likeness (QED) is 0.194. The van der Waals surface area contributed by atoms with E-state index in [-0.39, 0.29) is 39.1 Å². The zero-order valence-electron chi connectivity index (χ0n) is 30.0. The van der Waals surface area contributed by atoms with Gasteiger partial charge in [0.15, 0.2) is 0 Å². The van der Waals surface area contributed by atoms with Crippen LogP contribution in [0.3, 0.4) is 0 Å². The molecular formula is C41H65NO3. The van der Waals surface area contributed by atoms with Gasteiger partial charge in [-0.2, -0.15) is 0 Å². The van der Waals surface area contributed by atoms with Gasteiger partial charge in [-0.3, -0.25) is 9.69 Å². The Hall–Kier alpha value is -1.31. The van der Waals surface area contributed by atoms with E-state index in [4.69, 9.17) is 4.74 Å². The molecule has 6 aliphatic rings. The van der Waals surface area contributed by atoms with Gasteiger partial charge in [0, 0.05) is 17.8 Å². The lowest BCUT2D eigenvalue weighted by atomic mass is 9.32. The number of hydrogen-bond donors (Lipinski definition) is 1. The predicted molar refractivity (Wildman–Crippen MR) is 183 cm³/mol. The summed E-state index contributed by atoms with van der Waals surface area (Å²) in [6.07, 6.45) is 16.4. The van der Waals surface area contributed by atoms with E-state index < -0.39 is 6.10 Å². The molecule has 4 heteroatoms. The highest BCUT2D eigenvalue weighted by atomic mass is 16.5. The van der Waals surface area contributed by atoms with E-state index in [0.29, 0.717) is 29.6 Å². The Balaban J connectivity index is 1.28. The molecule has 0 aromatic carbocycles. The van der Waals surface area contributed by atoms with E-state index in [1.165, 1.54) is 63.4 Å². The molecule has 11 atom stereocenters. The zero-order valence-corrected chi connectivity index (χ0v) is 30.0. The van der Waals surface area contributed by atoms with Gasteiger partial charge in [0.2, 0.25) is 0 Å². The van der Waals surface area contributed by atoms with Crippen molar-refractivity contribution in [2.75, 3.05) is 19.6 Å². The number of rotatable bonds is 4. The lowest BCUT2D eigenvalue weighted by Gasteiger charge is -2.73. The summed E-state index contributed by atoms with van der Waals surface area (Å²) in [5, 5.41) is 12.1. The van der Waals surface area contributed by atoms with Crippen LogP contribution in [-0.4, -0.2) is 47.8 Å². The third-order valence-corrected chi connectivity index (χ3v) is 16.2. The Kier molecular flexibility index (Phi) is 8.94. The van der Waals surface area contributed by atoms with Crippen molar-refractivity contribution in [2.24, 2.45) is 56.7 Å². The molecule has 45 heavy (non-hydrogen) atoms. The van der Waals surface area contributed by atoms with Gasteiger partial charge in [-0.1, -0.05) is 71.5 Å². The van der Waals surface area contributed by atoms with Gasteiger partial charge in [0.1, 0.15) is 12.2 Å². The van der Waals surface area contributed by atoms with E-state index in [1.54, 1.807) is 6.92 Å². The topological polar surface area (TPSA) is 49.8 Å². The Morgan fingerprint density at radius 3 is 2.24 bits per heavy atom. The van der Waals surface area contributed by atoms with E-state index in [9.17, 15) is 9.90 Å². The molecule has 1 saturated heterocycles. The van der Waals surface area contributed by atoms with Crippen LogP contribution in [-0.2, 0) is 9.53 Å². The first-order valence-electron chi connectivity index (χ1n) is 18.9. The van der Waals surface area contributed by atoms with E-state index in [0.717, 1.165) is 51.7 Å². The van der Waals surface area contributed by atoms with Gasteiger partial charge in [-0.25, -0.2) is 0 Å². The summed E-state index contributed by atoms with van der Waals surface area (Å²) >= 11 is 0. The number of likely N-dealkylation sites (tertiary alicyclic amines) is 1. The molecule has 252 valence electrons. The molecule has 6 fully saturated rings. The number of hydrogen-bond acceptors (Lipinski definition) is 4. The minimum Gasteiger partial charge on any atom is -0.462 e. The summed E-state index contributed by atoms with van der Waals surface area (Å²) in [7, 11) is 0. The number of fused-ring (bicyclic) bond motifs is 7. The lowest BCUT2D eigenvalue weighted by Crippen LogP contribution is -2.67. The third-order valence-electron chi connectivity index (χ3n) is 16.2. The molecule has 1 N–H and O–H groups in total. The average Bonchev–Trinajstić information content (AvgIpc) is 3.19. The SMILES string of the molecule is C=C(C)[C@@H]1CC[C@]2([C@H](O)C#CCN3CCCCCC3)CC[C@]3(C)[C@H](CC[C@@H]4[C@@]5(C)CC[C@H](OC(C)=O)C(C)(C)[C@@H]5CC[C@]43C)[C@@H]12. The van der Waals surface area contributed by atoms with E-state index >= 15 is 0 Å². The largest absolute Gasteiger partial charge is 0.462 e. The fourth-order valence-electron chi connectivity index (χ4n) is 13.7. The van der Waals surface area contributed by atoms with E-state index in [2.05, 4.69) is 64.9 Å². The van der Waals surface area contributed by atoms with Crippen LogP contribution < -0.4 is 0 Å². The van der Waals surface area contributed by atoms with Gasteiger partial charge >= 0.3 is 5.97 Å². The molecule has 1 aliphatic heterocycles. The number of allylic oxidation sites excluding steroid dienone is 1. The molecule has 5 saturated carbocycles. The Labute approximate surface area is 275 Å². The maximum atomic E-state index is 12.1. The maximum Gasteiger partial charge on any atom is 0.302 e. The zero-order chi connectivity index (χ0) is 32.4. The van der Waals surface area contributed by atoms with Crippen molar-refractivity contribution in [3.8, 4) is 11.8 Å². The van der Waals surface area contributed by atoms with Crippen molar-refractivity contribution in [3.05, 3.63) is 12.2 Å². The fourth-order valence-corrected chi connectivity index (χ4v) is 13.7. The first-order chi connectivity index (χ1) is 21.2. The van der Waals surface area contributed by atoms with Gasteiger partial charge in [-0.05, 0) is 143 Å². The fraction of sp³-hybridized carbons (Fsp3) is 0.878. The second-order valence-electron chi connectivity index (χ2n) is 18.3. The number of aliphatic hydroxyl groups is 1. The van der Waals surface area contributed by atoms with Crippen molar-refractivity contribution in [2.45, 2.75) is 151 Å². The van der Waals surface area contributed by atoms with Crippen molar-refractivity contribution >= 4 is 5.97 Å². The van der Waals surface area contributed by atoms with Gasteiger partial charge in [-0.15, -0.1) is 0 Å². The highest BCUT2D eigenvalue weighted by Crippen LogP contribution is 2.78. The summed E-state index contributed by atoms with van der Waals surface area (Å²) in [5.41, 5.74) is 1.98. The number of esters is 1. The van der Waals surface area contributed by atoms with Crippen LogP contribution in [0.1, 0.15) is 138 Å². The number of nitrogens with zero attached hydrogens (tertiary/aromatic N) is 1. The summed E-state index contributed by atoms with van der Waals surface area (Å²) < 4.78 is 5.97. The van der Waals surface area contributed by atoms with Gasteiger partial charge in [0.05, 0.1) is 6.54 Å². The molecule has 4 nitrogen and oxygen atoms in total. The average molecular weight is 620 g/mol. The molecule has 0 radical (unpaired) electrons. The van der Waals surface area contributed by atoms with E-state index in [1.807, 2.05) is 0 Å². The number of ether oxygens (including phenoxy) is 1. The Morgan fingerprint density at radius 1 is 0.867 bits per heavy atom. The van der Waals surface area contributed by atoms with Crippen molar-refractivity contribution < 1.29 is 14.6 Å². The third kappa shape index (κ3) is 5.19. The van der Waals surface area contributed by atoms with Crippen molar-refractivity contribution in [3.63, 3.8) is 0 Å². The standard InChI is InChI=1S/C41H65NO3/c1-28(2)30-17-22-41(34(44)14-13-27-42-25-11-9-10-12-26-42)24-23-39(7)31(36(30)41)15-16-33-38(6)20-19-35(45-29(3)43)37(4,5)32(38)18-21-40(33,39)8/h30-36,44H,1,9-12,15-27H2,2-8H3/t30-,31+,32-,33+,34+,35-,36+,38-,39+,40+,41+/m0/s1. The number of carbonyl (C=O) groups excluding carboxylic acids is 1. The second-order valence-corrected chi connectivity index (χ2v) is 18.3. The number of aliphatic hydroxyl groups excluding tert-OH is 1. The summed E-state index contributed by atoms with van der Waals surface area (Å²) in [5.74, 6) is 9.66. The lowest BCUT2D eigenvalue weighted by molar-refractivity contribution is -0.253. The van der Waals surface area contributed by atoms with Crippen LogP contribution >= 0.6 is 0 Å². The predicted octanol–water partition coefficient (Wildman–Crippen LogP) is 8.82. The second kappa shape index (κ2) is 12.0. The molecule has 0 aromatic heterocycles. The monoisotopic (exact) mass is 619 g/mol. The summed E-state index contributed by atoms with van der Waals surface area (Å²) in [4.78, 5) is 14.5. The number of carbonyl (C=O) groups is 1. The van der Waals surface area contributed by atoms with Crippen LogP contribution in [0.15, 0.2) is 12.2 Å². The van der Waals surface area contributed by atoms with Gasteiger partial charge < -0.3 is 9.84 Å². The molecule has 0 aromatic rings. The molecule has 5 aliphatic carbocycles. The molecule has 6 rings (SSSR count). The van der Waals surface area contributed by atoms with Crippen molar-refractivity contribution in [1.82, 2.24) is 4.90 Å². The molecule has 0 unspecified atom stereocenters. The van der Waals surface area contributed by atoms with Crippen LogP contribution in [0.2, 0.25) is 0 Å². The highest BCUT2D eigenvalue weighted by Gasteiger charge is 2.71. The molecule has 0 bridgehead atoms. The first kappa shape index (κ1) is 33.6. The molecule has 0 spiro atoms.